The Morgan fingerprint density at radius 3 is 2.55 bits per heavy atom. The van der Waals surface area contributed by atoms with Gasteiger partial charge in [-0.05, 0) is 37.8 Å². The van der Waals surface area contributed by atoms with Crippen LogP contribution < -0.4 is 10.5 Å². The lowest BCUT2D eigenvalue weighted by Gasteiger charge is -2.26. The van der Waals surface area contributed by atoms with Gasteiger partial charge in [-0.2, -0.15) is 0 Å². The number of nitrogens with one attached hydrogen (secondary N) is 1. The van der Waals surface area contributed by atoms with Crippen molar-refractivity contribution >= 4 is 27.2 Å². The van der Waals surface area contributed by atoms with Gasteiger partial charge >= 0.3 is 0 Å². The molecule has 1 fully saturated rings. The van der Waals surface area contributed by atoms with Gasteiger partial charge in [-0.15, -0.1) is 0 Å². The predicted octanol–water partition coefficient (Wildman–Crippen LogP) is 0.903. The molecule has 0 unspecified atom stereocenters. The first-order valence-corrected chi connectivity index (χ1v) is 8.38. The Labute approximate surface area is 124 Å². The molecule has 0 amide bonds. The van der Waals surface area contributed by atoms with E-state index in [1.165, 1.54) is 12.1 Å². The second-order valence-electron chi connectivity index (χ2n) is 5.02. The van der Waals surface area contributed by atoms with Gasteiger partial charge < -0.3 is 10.8 Å². The fourth-order valence-electron chi connectivity index (χ4n) is 2.30. The third-order valence-corrected chi connectivity index (χ3v) is 5.20. The summed E-state index contributed by atoms with van der Waals surface area (Å²) >= 11 is 4.85. The molecule has 20 heavy (non-hydrogen) atoms. The Hall–Kier alpha value is -1.02. The van der Waals surface area contributed by atoms with Crippen LogP contribution in [0.4, 0.5) is 0 Å². The second-order valence-corrected chi connectivity index (χ2v) is 7.17. The van der Waals surface area contributed by atoms with Crippen molar-refractivity contribution in [1.29, 1.82) is 0 Å². The minimum atomic E-state index is -3.58. The van der Waals surface area contributed by atoms with Crippen LogP contribution in [0.3, 0.4) is 0 Å². The number of rotatable bonds is 4. The average Bonchev–Trinajstić information content (AvgIpc) is 2.41. The van der Waals surface area contributed by atoms with E-state index in [0.717, 1.165) is 0 Å². The lowest BCUT2D eigenvalue weighted by molar-refractivity contribution is 0.120. The summed E-state index contributed by atoms with van der Waals surface area (Å²) in [5, 5.41) is 9.43. The SMILES string of the molecule is NC(=S)c1cccc(S(=O)(=O)NC2CCC(O)CC2)c1. The fraction of sp³-hybridized carbons (Fsp3) is 0.462. The smallest absolute Gasteiger partial charge is 0.240 e. The molecule has 0 aliphatic heterocycles. The van der Waals surface area contributed by atoms with Crippen LogP contribution in [0.5, 0.6) is 0 Å². The molecule has 1 saturated carbocycles. The zero-order valence-electron chi connectivity index (χ0n) is 11.0. The summed E-state index contributed by atoms with van der Waals surface area (Å²) in [4.78, 5) is 0.330. The summed E-state index contributed by atoms with van der Waals surface area (Å²) in [6, 6.07) is 6.16. The Morgan fingerprint density at radius 2 is 1.95 bits per heavy atom. The maximum Gasteiger partial charge on any atom is 0.240 e. The van der Waals surface area contributed by atoms with E-state index in [2.05, 4.69) is 4.72 Å². The van der Waals surface area contributed by atoms with E-state index in [9.17, 15) is 13.5 Å². The standard InChI is InChI=1S/C13H18N2O3S2/c14-13(19)9-2-1-3-12(8-9)20(17,18)15-10-4-6-11(16)7-5-10/h1-3,8,10-11,15-16H,4-7H2,(H2,14,19). The van der Waals surface area contributed by atoms with Crippen molar-refractivity contribution in [3.63, 3.8) is 0 Å². The number of nitrogens with two attached hydrogens (primary N) is 1. The number of hydrogen-bond donors (Lipinski definition) is 3. The third kappa shape index (κ3) is 3.76. The van der Waals surface area contributed by atoms with Crippen LogP contribution in [0, 0.1) is 0 Å². The minimum Gasteiger partial charge on any atom is -0.393 e. The first-order chi connectivity index (χ1) is 9.38. The zero-order valence-corrected chi connectivity index (χ0v) is 12.6. The fourth-order valence-corrected chi connectivity index (χ4v) is 3.78. The number of sulfonamides is 1. The highest BCUT2D eigenvalue weighted by molar-refractivity contribution is 7.89. The lowest BCUT2D eigenvalue weighted by Crippen LogP contribution is -2.38. The molecular formula is C13H18N2O3S2. The molecule has 1 aromatic rings. The van der Waals surface area contributed by atoms with Gasteiger partial charge in [-0.25, -0.2) is 13.1 Å². The normalized spacial score (nSPS) is 23.4. The highest BCUT2D eigenvalue weighted by atomic mass is 32.2. The summed E-state index contributed by atoms with van der Waals surface area (Å²) in [6.45, 7) is 0. The van der Waals surface area contributed by atoms with Gasteiger partial charge in [0.05, 0.1) is 11.0 Å². The molecule has 0 heterocycles. The maximum atomic E-state index is 12.3. The van der Waals surface area contributed by atoms with E-state index in [1.807, 2.05) is 0 Å². The van der Waals surface area contributed by atoms with Crippen LogP contribution in [-0.2, 0) is 10.0 Å². The molecule has 0 radical (unpaired) electrons. The van der Waals surface area contributed by atoms with E-state index in [-0.39, 0.29) is 22.0 Å². The van der Waals surface area contributed by atoms with E-state index in [0.29, 0.717) is 31.2 Å². The molecule has 0 saturated heterocycles. The molecule has 4 N–H and O–H groups in total. The number of benzene rings is 1. The molecule has 0 aromatic heterocycles. The van der Waals surface area contributed by atoms with Crippen molar-refractivity contribution < 1.29 is 13.5 Å². The molecule has 7 heteroatoms. The van der Waals surface area contributed by atoms with Crippen molar-refractivity contribution in [2.75, 3.05) is 0 Å². The summed E-state index contributed by atoms with van der Waals surface area (Å²) in [5.41, 5.74) is 6.04. The molecule has 1 aliphatic carbocycles. The van der Waals surface area contributed by atoms with Crippen molar-refractivity contribution in [3.8, 4) is 0 Å². The van der Waals surface area contributed by atoms with E-state index < -0.39 is 10.0 Å². The average molecular weight is 314 g/mol. The van der Waals surface area contributed by atoms with Gasteiger partial charge in [-0.3, -0.25) is 0 Å². The van der Waals surface area contributed by atoms with E-state index in [4.69, 9.17) is 18.0 Å². The number of aliphatic hydroxyl groups excluding tert-OH is 1. The lowest BCUT2D eigenvalue weighted by atomic mass is 9.94. The Balaban J connectivity index is 2.14. The summed E-state index contributed by atoms with van der Waals surface area (Å²) in [6.07, 6.45) is 2.24. The summed E-state index contributed by atoms with van der Waals surface area (Å²) < 4.78 is 27.3. The van der Waals surface area contributed by atoms with Crippen LogP contribution >= 0.6 is 12.2 Å². The summed E-state index contributed by atoms with van der Waals surface area (Å²) in [5.74, 6) is 0. The first-order valence-electron chi connectivity index (χ1n) is 6.49. The van der Waals surface area contributed by atoms with Crippen LogP contribution in [0.25, 0.3) is 0 Å². The zero-order chi connectivity index (χ0) is 14.8. The van der Waals surface area contributed by atoms with Gasteiger partial charge in [0, 0.05) is 11.6 Å². The number of thiocarbonyl (C=S) groups is 1. The summed E-state index contributed by atoms with van der Waals surface area (Å²) in [7, 11) is -3.58. The third-order valence-electron chi connectivity index (χ3n) is 3.45. The topological polar surface area (TPSA) is 92.4 Å². The highest BCUT2D eigenvalue weighted by Crippen LogP contribution is 2.21. The molecule has 0 bridgehead atoms. The quantitative estimate of drug-likeness (QED) is 0.718. The molecule has 1 aliphatic rings. The minimum absolute atomic E-state index is 0.128. The van der Waals surface area contributed by atoms with Crippen molar-refractivity contribution in [2.24, 2.45) is 5.73 Å². The van der Waals surface area contributed by atoms with Crippen LogP contribution in [-0.4, -0.2) is 30.7 Å². The van der Waals surface area contributed by atoms with Gasteiger partial charge in [-0.1, -0.05) is 24.4 Å². The van der Waals surface area contributed by atoms with E-state index in [1.54, 1.807) is 12.1 Å². The monoisotopic (exact) mass is 314 g/mol. The van der Waals surface area contributed by atoms with Crippen molar-refractivity contribution in [2.45, 2.75) is 42.7 Å². The van der Waals surface area contributed by atoms with Crippen molar-refractivity contribution in [3.05, 3.63) is 29.8 Å². The molecule has 0 spiro atoms. The number of hydrogen-bond acceptors (Lipinski definition) is 4. The van der Waals surface area contributed by atoms with Gasteiger partial charge in [0.1, 0.15) is 4.99 Å². The van der Waals surface area contributed by atoms with E-state index >= 15 is 0 Å². The Kier molecular flexibility index (Phi) is 4.74. The largest absolute Gasteiger partial charge is 0.393 e. The maximum absolute atomic E-state index is 12.3. The molecule has 0 atom stereocenters. The van der Waals surface area contributed by atoms with Gasteiger partial charge in [0.15, 0.2) is 0 Å². The van der Waals surface area contributed by atoms with Crippen molar-refractivity contribution in [1.82, 2.24) is 4.72 Å². The van der Waals surface area contributed by atoms with Gasteiger partial charge in [0.25, 0.3) is 0 Å². The highest BCUT2D eigenvalue weighted by Gasteiger charge is 2.24. The molecule has 2 rings (SSSR count). The first kappa shape index (κ1) is 15.4. The Morgan fingerprint density at radius 1 is 1.30 bits per heavy atom. The van der Waals surface area contributed by atoms with Crippen LogP contribution in [0.2, 0.25) is 0 Å². The van der Waals surface area contributed by atoms with Crippen LogP contribution in [0.15, 0.2) is 29.2 Å². The predicted molar refractivity (Wildman–Crippen MR) is 80.9 cm³/mol. The Bertz CT molecular complexity index is 593. The molecular weight excluding hydrogens is 296 g/mol. The number of aliphatic hydroxyl groups is 1. The van der Waals surface area contributed by atoms with Gasteiger partial charge in [0.2, 0.25) is 10.0 Å². The molecule has 110 valence electrons. The molecule has 1 aromatic carbocycles. The second kappa shape index (κ2) is 6.17. The van der Waals surface area contributed by atoms with Crippen LogP contribution in [0.1, 0.15) is 31.2 Å². The molecule has 5 nitrogen and oxygen atoms in total.